The fourth-order valence-corrected chi connectivity index (χ4v) is 3.66. The predicted molar refractivity (Wildman–Crippen MR) is 110 cm³/mol. The average Bonchev–Trinajstić information content (AvgIpc) is 2.67. The van der Waals surface area contributed by atoms with Gasteiger partial charge in [-0.3, -0.25) is 14.0 Å². The van der Waals surface area contributed by atoms with E-state index >= 15 is 0 Å². The van der Waals surface area contributed by atoms with Crippen molar-refractivity contribution in [3.63, 3.8) is 0 Å². The van der Waals surface area contributed by atoms with Crippen LogP contribution < -0.4 is 5.56 Å². The third kappa shape index (κ3) is 4.98. The molecular weight excluding hydrogens is 358 g/mol. The molecule has 0 aliphatic rings. The van der Waals surface area contributed by atoms with Crippen molar-refractivity contribution in [2.45, 2.75) is 26.1 Å². The summed E-state index contributed by atoms with van der Waals surface area (Å²) in [6, 6.07) is 15.3. The molecule has 6 heteroatoms. The Hall–Kier alpha value is -2.60. The Labute approximate surface area is 163 Å². The minimum absolute atomic E-state index is 0.0927. The molecule has 0 saturated carbocycles. The van der Waals surface area contributed by atoms with Crippen LogP contribution in [0.2, 0.25) is 0 Å². The maximum Gasteiger partial charge on any atom is 0.258 e. The molecule has 3 rings (SSSR count). The quantitative estimate of drug-likeness (QED) is 0.630. The lowest BCUT2D eigenvalue weighted by Crippen LogP contribution is -2.31. The summed E-state index contributed by atoms with van der Waals surface area (Å²) in [4.78, 5) is 31.1. The number of rotatable bonds is 7. The Balaban J connectivity index is 1.60. The van der Waals surface area contributed by atoms with Crippen LogP contribution in [0.3, 0.4) is 0 Å². The van der Waals surface area contributed by atoms with Crippen LogP contribution >= 0.6 is 11.8 Å². The molecule has 0 atom stereocenters. The number of carbonyl (C=O) groups is 1. The molecule has 0 radical (unpaired) electrons. The van der Waals surface area contributed by atoms with E-state index in [0.29, 0.717) is 35.9 Å². The van der Waals surface area contributed by atoms with Gasteiger partial charge in [0.2, 0.25) is 5.91 Å². The number of fused-ring (bicyclic) bond motifs is 1. The summed E-state index contributed by atoms with van der Waals surface area (Å²) in [6.07, 6.45) is 1.79. The number of pyridine rings is 1. The summed E-state index contributed by atoms with van der Waals surface area (Å²) in [6.45, 7) is 5.21. The fraction of sp³-hybridized carbons (Fsp3) is 0.286. The van der Waals surface area contributed by atoms with Crippen molar-refractivity contribution in [2.24, 2.45) is 0 Å². The fourth-order valence-electron chi connectivity index (χ4n) is 2.85. The zero-order chi connectivity index (χ0) is 19.2. The average molecular weight is 382 g/mol. The molecule has 27 heavy (non-hydrogen) atoms. The number of amides is 1. The zero-order valence-corrected chi connectivity index (χ0v) is 16.4. The lowest BCUT2D eigenvalue weighted by atomic mass is 10.2. The Morgan fingerprint density at radius 3 is 2.70 bits per heavy atom. The van der Waals surface area contributed by atoms with Crippen LogP contribution in [0.4, 0.5) is 0 Å². The molecular formula is C21H23N3O2S. The van der Waals surface area contributed by atoms with Crippen molar-refractivity contribution in [2.75, 3.05) is 12.3 Å². The molecule has 0 saturated heterocycles. The Morgan fingerprint density at radius 2 is 1.96 bits per heavy atom. The molecule has 3 aromatic rings. The van der Waals surface area contributed by atoms with Gasteiger partial charge in [-0.25, -0.2) is 4.98 Å². The van der Waals surface area contributed by atoms with Gasteiger partial charge in [-0.15, -0.1) is 11.8 Å². The molecule has 1 aromatic carbocycles. The molecule has 0 spiro atoms. The van der Waals surface area contributed by atoms with Gasteiger partial charge in [-0.2, -0.15) is 0 Å². The highest BCUT2D eigenvalue weighted by atomic mass is 32.2. The molecule has 1 amide bonds. The lowest BCUT2D eigenvalue weighted by Gasteiger charge is -2.20. The third-order valence-corrected chi connectivity index (χ3v) is 5.24. The largest absolute Gasteiger partial charge is 0.338 e. The molecule has 0 aliphatic carbocycles. The van der Waals surface area contributed by atoms with E-state index in [9.17, 15) is 9.59 Å². The second-order valence-electron chi connectivity index (χ2n) is 6.41. The van der Waals surface area contributed by atoms with Crippen molar-refractivity contribution in [3.8, 4) is 0 Å². The van der Waals surface area contributed by atoms with Crippen LogP contribution in [-0.2, 0) is 17.1 Å². The smallest absolute Gasteiger partial charge is 0.258 e. The normalized spacial score (nSPS) is 10.9. The minimum Gasteiger partial charge on any atom is -0.338 e. The summed E-state index contributed by atoms with van der Waals surface area (Å²) < 4.78 is 1.55. The Bertz CT molecular complexity index is 986. The van der Waals surface area contributed by atoms with Gasteiger partial charge in [0, 0.05) is 31.1 Å². The van der Waals surface area contributed by atoms with Gasteiger partial charge in [0.25, 0.3) is 5.56 Å². The van der Waals surface area contributed by atoms with Crippen LogP contribution in [0.1, 0.15) is 23.7 Å². The highest BCUT2D eigenvalue weighted by Crippen LogP contribution is 2.13. The number of thioether (sulfide) groups is 1. The molecule has 0 fully saturated rings. The molecule has 5 nitrogen and oxygen atoms in total. The van der Waals surface area contributed by atoms with Crippen molar-refractivity contribution >= 4 is 23.3 Å². The highest BCUT2D eigenvalue weighted by molar-refractivity contribution is 7.99. The van der Waals surface area contributed by atoms with Crippen molar-refractivity contribution in [3.05, 3.63) is 81.9 Å². The number of nitrogens with zero attached hydrogens (tertiary/aromatic N) is 3. The first kappa shape index (κ1) is 19.2. The second kappa shape index (κ2) is 8.86. The van der Waals surface area contributed by atoms with Crippen LogP contribution in [0.15, 0.2) is 59.5 Å². The molecule has 0 N–H and O–H groups in total. The van der Waals surface area contributed by atoms with Gasteiger partial charge in [-0.05, 0) is 31.0 Å². The monoisotopic (exact) mass is 381 g/mol. The highest BCUT2D eigenvalue weighted by Gasteiger charge is 2.12. The minimum atomic E-state index is -0.0927. The topological polar surface area (TPSA) is 54.7 Å². The van der Waals surface area contributed by atoms with Crippen LogP contribution in [0, 0.1) is 6.92 Å². The van der Waals surface area contributed by atoms with E-state index in [1.165, 1.54) is 11.8 Å². The Kier molecular flexibility index (Phi) is 6.29. The molecule has 0 aliphatic heterocycles. The van der Waals surface area contributed by atoms with E-state index in [1.54, 1.807) is 16.7 Å². The molecule has 2 heterocycles. The first-order valence-corrected chi connectivity index (χ1v) is 10.1. The number of aromatic nitrogens is 2. The summed E-state index contributed by atoms with van der Waals surface area (Å²) in [5, 5.41) is 0. The number of hydrogen-bond acceptors (Lipinski definition) is 4. The van der Waals surface area contributed by atoms with E-state index in [0.717, 1.165) is 11.1 Å². The third-order valence-electron chi connectivity index (χ3n) is 4.29. The zero-order valence-electron chi connectivity index (χ0n) is 15.6. The maximum atomic E-state index is 12.5. The van der Waals surface area contributed by atoms with Gasteiger partial charge in [0.15, 0.2) is 0 Å². The van der Waals surface area contributed by atoms with E-state index in [-0.39, 0.29) is 11.5 Å². The summed E-state index contributed by atoms with van der Waals surface area (Å²) in [7, 11) is 0. The van der Waals surface area contributed by atoms with Gasteiger partial charge in [-0.1, -0.05) is 36.4 Å². The number of aryl methyl sites for hydroxylation is 1. The second-order valence-corrected chi connectivity index (χ2v) is 7.39. The first-order chi connectivity index (χ1) is 13.1. The Morgan fingerprint density at radius 1 is 1.19 bits per heavy atom. The number of benzene rings is 1. The molecule has 140 valence electrons. The predicted octanol–water partition coefficient (Wildman–Crippen LogP) is 3.28. The summed E-state index contributed by atoms with van der Waals surface area (Å²) in [5.41, 5.74) is 3.38. The van der Waals surface area contributed by atoms with E-state index in [2.05, 4.69) is 4.98 Å². The van der Waals surface area contributed by atoms with Gasteiger partial charge in [0.05, 0.1) is 11.4 Å². The van der Waals surface area contributed by atoms with Gasteiger partial charge in [0.1, 0.15) is 5.65 Å². The number of carbonyl (C=O) groups excluding carboxylic acids is 1. The summed E-state index contributed by atoms with van der Waals surface area (Å²) in [5.74, 6) is 1.00. The molecule has 0 bridgehead atoms. The van der Waals surface area contributed by atoms with Crippen LogP contribution in [-0.4, -0.2) is 32.5 Å². The van der Waals surface area contributed by atoms with Crippen molar-refractivity contribution < 1.29 is 4.79 Å². The van der Waals surface area contributed by atoms with Gasteiger partial charge >= 0.3 is 0 Å². The maximum absolute atomic E-state index is 12.5. The molecule has 2 aromatic heterocycles. The van der Waals surface area contributed by atoms with Crippen LogP contribution in [0.25, 0.3) is 5.65 Å². The lowest BCUT2D eigenvalue weighted by molar-refractivity contribution is -0.128. The van der Waals surface area contributed by atoms with Crippen molar-refractivity contribution in [1.29, 1.82) is 0 Å². The number of hydrogen-bond donors (Lipinski definition) is 0. The van der Waals surface area contributed by atoms with E-state index < -0.39 is 0 Å². The van der Waals surface area contributed by atoms with E-state index in [1.807, 2.05) is 61.2 Å². The van der Waals surface area contributed by atoms with Crippen LogP contribution in [0.5, 0.6) is 0 Å². The SMILES string of the molecule is CCN(Cc1ccccc1)C(=O)CSCc1cc(=O)n2cc(C)ccc2n1. The van der Waals surface area contributed by atoms with Crippen molar-refractivity contribution in [1.82, 2.24) is 14.3 Å². The first-order valence-electron chi connectivity index (χ1n) is 8.95. The van der Waals surface area contributed by atoms with E-state index in [4.69, 9.17) is 0 Å². The summed E-state index contributed by atoms with van der Waals surface area (Å²) >= 11 is 1.49. The standard InChI is InChI=1S/C21H23N3O2S/c1-3-23(13-17-7-5-4-6-8-17)21(26)15-27-14-18-11-20(25)24-12-16(2)9-10-19(24)22-18/h4-12H,3,13-15H2,1-2H3. The molecule has 0 unspecified atom stereocenters. The van der Waals surface area contributed by atoms with Gasteiger partial charge < -0.3 is 4.90 Å².